The van der Waals surface area contributed by atoms with Gasteiger partial charge in [0.25, 0.3) is 0 Å². The van der Waals surface area contributed by atoms with E-state index in [2.05, 4.69) is 10.3 Å². The lowest BCUT2D eigenvalue weighted by Crippen LogP contribution is -2.17. The van der Waals surface area contributed by atoms with E-state index in [0.29, 0.717) is 6.42 Å². The summed E-state index contributed by atoms with van der Waals surface area (Å²) in [6, 6.07) is 3.55. The first-order valence-corrected chi connectivity index (χ1v) is 6.14. The summed E-state index contributed by atoms with van der Waals surface area (Å²) in [6.07, 6.45) is -2.27. The molecule has 0 spiro atoms. The average Bonchev–Trinajstić information content (AvgIpc) is 2.35. The average molecular weight is 287 g/mol. The lowest BCUT2D eigenvalue weighted by molar-refractivity contribution is -0.137. The van der Waals surface area contributed by atoms with Crippen molar-refractivity contribution >= 4 is 17.6 Å². The van der Waals surface area contributed by atoms with E-state index in [1.165, 1.54) is 12.1 Å². The quantitative estimate of drug-likeness (QED) is 0.653. The number of amidine groups is 1. The van der Waals surface area contributed by atoms with Gasteiger partial charge in [-0.05, 0) is 24.6 Å². The second-order valence-electron chi connectivity index (χ2n) is 4.22. The minimum Gasteiger partial charge on any atom is -0.387 e. The maximum atomic E-state index is 12.5. The highest BCUT2D eigenvalue weighted by molar-refractivity contribution is 5.99. The molecule has 0 aromatic heterocycles. The molecule has 110 valence electrons. The number of hydrogen-bond donors (Lipinski definition) is 2. The summed E-state index contributed by atoms with van der Waals surface area (Å²) in [4.78, 5) is 15.1. The summed E-state index contributed by atoms with van der Waals surface area (Å²) in [5.41, 5.74) is 4.71. The summed E-state index contributed by atoms with van der Waals surface area (Å²) >= 11 is 0. The van der Waals surface area contributed by atoms with Crippen molar-refractivity contribution in [3.8, 4) is 0 Å². The molecule has 0 aliphatic heterocycles. The lowest BCUT2D eigenvalue weighted by atomic mass is 10.2. The number of nitrogens with zero attached hydrogens (tertiary/aromatic N) is 1. The number of amides is 2. The second kappa shape index (κ2) is 6.93. The molecule has 0 heterocycles. The number of hydrogen-bond acceptors (Lipinski definition) is 1. The van der Waals surface area contributed by atoms with Gasteiger partial charge in [-0.25, -0.2) is 4.79 Å². The number of alkyl halides is 3. The van der Waals surface area contributed by atoms with Crippen molar-refractivity contribution in [3.63, 3.8) is 0 Å². The zero-order valence-electron chi connectivity index (χ0n) is 11.0. The number of anilines is 1. The van der Waals surface area contributed by atoms with Crippen molar-refractivity contribution in [1.82, 2.24) is 0 Å². The van der Waals surface area contributed by atoms with Gasteiger partial charge < -0.3 is 11.1 Å². The van der Waals surface area contributed by atoms with Crippen LogP contribution in [0.15, 0.2) is 29.3 Å². The molecule has 0 fully saturated rings. The Balaban J connectivity index is 2.71. The number of halogens is 3. The van der Waals surface area contributed by atoms with Gasteiger partial charge in [-0.3, -0.25) is 0 Å². The van der Waals surface area contributed by atoms with E-state index in [-0.39, 0.29) is 11.5 Å². The summed E-state index contributed by atoms with van der Waals surface area (Å²) in [5.74, 6) is 0.163. The molecule has 0 atom stereocenters. The Morgan fingerprint density at radius 2 is 2.10 bits per heavy atom. The highest BCUT2D eigenvalue weighted by Crippen LogP contribution is 2.30. The van der Waals surface area contributed by atoms with E-state index in [9.17, 15) is 18.0 Å². The van der Waals surface area contributed by atoms with Crippen LogP contribution in [0.5, 0.6) is 0 Å². The Hall–Kier alpha value is -2.05. The molecule has 1 aromatic rings. The van der Waals surface area contributed by atoms with Crippen LogP contribution in [0.25, 0.3) is 0 Å². The van der Waals surface area contributed by atoms with Crippen molar-refractivity contribution in [2.45, 2.75) is 32.4 Å². The van der Waals surface area contributed by atoms with Gasteiger partial charge in [-0.15, -0.1) is 0 Å². The Bertz CT molecular complexity index is 498. The van der Waals surface area contributed by atoms with E-state index < -0.39 is 17.8 Å². The van der Waals surface area contributed by atoms with Crippen molar-refractivity contribution in [3.05, 3.63) is 29.8 Å². The Kier molecular flexibility index (Phi) is 5.54. The zero-order chi connectivity index (χ0) is 15.2. The molecule has 2 amide bonds. The van der Waals surface area contributed by atoms with Crippen molar-refractivity contribution < 1.29 is 18.0 Å². The Labute approximate surface area is 114 Å². The van der Waals surface area contributed by atoms with E-state index in [1.807, 2.05) is 6.92 Å². The molecule has 4 nitrogen and oxygen atoms in total. The largest absolute Gasteiger partial charge is 0.416 e. The van der Waals surface area contributed by atoms with Crippen LogP contribution in [-0.2, 0) is 6.18 Å². The highest BCUT2D eigenvalue weighted by Gasteiger charge is 2.30. The minimum atomic E-state index is -4.45. The van der Waals surface area contributed by atoms with Gasteiger partial charge in [0.05, 0.1) is 5.56 Å². The molecule has 1 rings (SSSR count). The normalized spacial score (nSPS) is 12.3. The smallest absolute Gasteiger partial charge is 0.387 e. The Morgan fingerprint density at radius 1 is 1.40 bits per heavy atom. The molecular formula is C13H16F3N3O. The van der Waals surface area contributed by atoms with Crippen LogP contribution in [0.3, 0.4) is 0 Å². The molecule has 7 heteroatoms. The number of carbonyl (C=O) groups excluding carboxylic acids is 1. The molecule has 0 bridgehead atoms. The van der Waals surface area contributed by atoms with Crippen LogP contribution in [-0.4, -0.2) is 11.9 Å². The van der Waals surface area contributed by atoms with Crippen molar-refractivity contribution in [2.75, 3.05) is 5.32 Å². The summed E-state index contributed by atoms with van der Waals surface area (Å²) in [6.45, 7) is 1.97. The SMILES string of the molecule is CCCC/C(N)=N/C(=O)Nc1cccc(C(F)(F)F)c1. The molecule has 0 radical (unpaired) electrons. The monoisotopic (exact) mass is 287 g/mol. The predicted molar refractivity (Wildman–Crippen MR) is 71.6 cm³/mol. The minimum absolute atomic E-state index is 0.0249. The third-order valence-electron chi connectivity index (χ3n) is 2.47. The third-order valence-corrected chi connectivity index (χ3v) is 2.47. The fourth-order valence-corrected chi connectivity index (χ4v) is 1.47. The van der Waals surface area contributed by atoms with Crippen LogP contribution in [0, 0.1) is 0 Å². The molecule has 0 saturated heterocycles. The number of unbranched alkanes of at least 4 members (excludes halogenated alkanes) is 1. The van der Waals surface area contributed by atoms with Crippen LogP contribution in [0.1, 0.15) is 31.7 Å². The van der Waals surface area contributed by atoms with E-state index in [1.54, 1.807) is 0 Å². The first kappa shape index (κ1) is 16.0. The number of urea groups is 1. The molecule has 0 unspecified atom stereocenters. The summed E-state index contributed by atoms with van der Waals surface area (Å²) in [5, 5.41) is 2.26. The van der Waals surface area contributed by atoms with Crippen molar-refractivity contribution in [1.29, 1.82) is 0 Å². The van der Waals surface area contributed by atoms with Crippen LogP contribution in [0.2, 0.25) is 0 Å². The van der Waals surface area contributed by atoms with Gasteiger partial charge in [0.1, 0.15) is 5.84 Å². The van der Waals surface area contributed by atoms with Gasteiger partial charge in [0, 0.05) is 12.1 Å². The maximum Gasteiger partial charge on any atom is 0.416 e. The van der Waals surface area contributed by atoms with E-state index >= 15 is 0 Å². The molecule has 0 aliphatic rings. The molecule has 0 saturated carbocycles. The second-order valence-corrected chi connectivity index (χ2v) is 4.22. The number of rotatable bonds is 4. The fraction of sp³-hybridized carbons (Fsp3) is 0.385. The Morgan fingerprint density at radius 3 is 2.70 bits per heavy atom. The van der Waals surface area contributed by atoms with Crippen LogP contribution in [0.4, 0.5) is 23.7 Å². The van der Waals surface area contributed by atoms with Gasteiger partial charge >= 0.3 is 12.2 Å². The topological polar surface area (TPSA) is 67.5 Å². The first-order chi connectivity index (χ1) is 9.32. The number of nitrogens with one attached hydrogen (secondary N) is 1. The molecule has 20 heavy (non-hydrogen) atoms. The van der Waals surface area contributed by atoms with Gasteiger partial charge in [-0.1, -0.05) is 19.4 Å². The maximum absolute atomic E-state index is 12.5. The first-order valence-electron chi connectivity index (χ1n) is 6.14. The molecule has 0 aliphatic carbocycles. The number of aliphatic imine (C=N–C) groups is 1. The summed E-state index contributed by atoms with van der Waals surface area (Å²) < 4.78 is 37.5. The predicted octanol–water partition coefficient (Wildman–Crippen LogP) is 3.78. The van der Waals surface area contributed by atoms with Gasteiger partial charge in [0.15, 0.2) is 0 Å². The summed E-state index contributed by atoms with van der Waals surface area (Å²) in [7, 11) is 0. The molecule has 3 N–H and O–H groups in total. The highest BCUT2D eigenvalue weighted by atomic mass is 19.4. The number of benzene rings is 1. The van der Waals surface area contributed by atoms with Crippen molar-refractivity contribution in [2.24, 2.45) is 10.7 Å². The van der Waals surface area contributed by atoms with Gasteiger partial charge in [-0.2, -0.15) is 18.2 Å². The third kappa shape index (κ3) is 5.29. The molecule has 1 aromatic carbocycles. The number of carbonyl (C=O) groups is 1. The van der Waals surface area contributed by atoms with E-state index in [0.717, 1.165) is 25.0 Å². The lowest BCUT2D eigenvalue weighted by Gasteiger charge is -2.08. The molecular weight excluding hydrogens is 271 g/mol. The van der Waals surface area contributed by atoms with Crippen LogP contribution >= 0.6 is 0 Å². The number of nitrogens with two attached hydrogens (primary N) is 1. The standard InChI is InChI=1S/C13H16F3N3O/c1-2-3-7-11(17)19-12(20)18-10-6-4-5-9(8-10)13(14,15)16/h4-6,8H,2-3,7H2,1H3,(H3,17,18,19,20). The zero-order valence-corrected chi connectivity index (χ0v) is 11.0. The fourth-order valence-electron chi connectivity index (χ4n) is 1.47. The van der Waals surface area contributed by atoms with Gasteiger partial charge in [0.2, 0.25) is 0 Å². The van der Waals surface area contributed by atoms with Crippen LogP contribution < -0.4 is 11.1 Å². The van der Waals surface area contributed by atoms with E-state index in [4.69, 9.17) is 5.73 Å².